The second-order valence-corrected chi connectivity index (χ2v) is 15.9. The van der Waals surface area contributed by atoms with Crippen molar-refractivity contribution in [3.63, 3.8) is 0 Å². The second-order valence-electron chi connectivity index (χ2n) is 12.2. The van der Waals surface area contributed by atoms with Gasteiger partial charge >= 0.3 is 0 Å². The van der Waals surface area contributed by atoms with E-state index < -0.39 is 49.8 Å². The summed E-state index contributed by atoms with van der Waals surface area (Å²) in [5.41, 5.74) is 0.199. The standard InChI is InChI=1S/C32H44FN5O8S2/c1-22-17-38(23(2)20-39)32(40)28-16-26(35-47(41,42)31-19-36(4)21-34-31)11-14-29(28)46-24(3)8-6-7-15-45-30(22)18-37(5)48(43,44)27-12-9-25(33)10-13-27/h9-14,16,19,21-24,30,35,39H,6-8,15,17-18,20H2,1-5H3/t22-,23-,24+,30+/m1/s1. The molecule has 0 radical (unpaired) electrons. The number of fused-ring (bicyclic) bond motifs is 1. The lowest BCUT2D eigenvalue weighted by molar-refractivity contribution is -0.00834. The fraction of sp³-hybridized carbons (Fsp3) is 0.500. The maximum atomic E-state index is 14.3. The number of sulfonamides is 2. The van der Waals surface area contributed by atoms with Crippen LogP contribution in [0.2, 0.25) is 0 Å². The number of hydrogen-bond acceptors (Lipinski definition) is 9. The highest BCUT2D eigenvalue weighted by Crippen LogP contribution is 2.29. The molecule has 0 saturated heterocycles. The van der Waals surface area contributed by atoms with Crippen LogP contribution < -0.4 is 9.46 Å². The number of anilines is 1. The number of hydrogen-bond donors (Lipinski definition) is 2. The summed E-state index contributed by atoms with van der Waals surface area (Å²) in [6, 6.07) is 8.34. The number of halogens is 1. The molecule has 2 aromatic carbocycles. The predicted octanol–water partition coefficient (Wildman–Crippen LogP) is 3.48. The van der Waals surface area contributed by atoms with Crippen LogP contribution in [0.4, 0.5) is 10.1 Å². The first-order valence-corrected chi connectivity index (χ1v) is 18.6. The van der Waals surface area contributed by atoms with Crippen molar-refractivity contribution in [2.75, 3.05) is 38.1 Å². The van der Waals surface area contributed by atoms with Crippen molar-refractivity contribution >= 4 is 31.6 Å². The molecule has 0 unspecified atom stereocenters. The van der Waals surface area contributed by atoms with Gasteiger partial charge in [0.2, 0.25) is 10.0 Å². The number of aromatic nitrogens is 2. The van der Waals surface area contributed by atoms with E-state index in [9.17, 15) is 31.1 Å². The van der Waals surface area contributed by atoms with E-state index >= 15 is 0 Å². The summed E-state index contributed by atoms with van der Waals surface area (Å²) < 4.78 is 83.8. The van der Waals surface area contributed by atoms with E-state index in [-0.39, 0.29) is 52.7 Å². The molecule has 4 rings (SSSR count). The van der Waals surface area contributed by atoms with E-state index in [0.717, 1.165) is 22.9 Å². The van der Waals surface area contributed by atoms with E-state index in [2.05, 4.69) is 9.71 Å². The van der Waals surface area contributed by atoms with Gasteiger partial charge in [-0.05, 0) is 75.6 Å². The first-order chi connectivity index (χ1) is 22.6. The van der Waals surface area contributed by atoms with Gasteiger partial charge < -0.3 is 24.0 Å². The smallest absolute Gasteiger partial charge is 0.280 e. The molecule has 1 amide bonds. The SMILES string of the molecule is C[C@@H]1CN([C@H](C)CO)C(=O)c2cc(NS(=O)(=O)c3cn(C)cn3)ccc2O[C@@H](C)CCCCO[C@H]1CN(C)S(=O)(=O)c1ccc(F)cc1. The Morgan fingerprint density at radius 3 is 2.48 bits per heavy atom. The quantitative estimate of drug-likeness (QED) is 0.339. The van der Waals surface area contributed by atoms with Crippen LogP contribution in [0.15, 0.2) is 64.9 Å². The molecular formula is C32H44FN5O8S2. The minimum Gasteiger partial charge on any atom is -0.490 e. The highest BCUT2D eigenvalue weighted by molar-refractivity contribution is 7.92. The Morgan fingerprint density at radius 1 is 1.12 bits per heavy atom. The summed E-state index contributed by atoms with van der Waals surface area (Å²) in [5, 5.41) is 9.99. The largest absolute Gasteiger partial charge is 0.490 e. The fourth-order valence-corrected chi connectivity index (χ4v) is 7.54. The maximum absolute atomic E-state index is 14.3. The molecule has 1 aromatic heterocycles. The van der Waals surface area contributed by atoms with Gasteiger partial charge in [0.15, 0.2) is 5.03 Å². The van der Waals surface area contributed by atoms with Gasteiger partial charge in [-0.3, -0.25) is 9.52 Å². The lowest BCUT2D eigenvalue weighted by Crippen LogP contribution is -2.48. The molecule has 16 heteroatoms. The van der Waals surface area contributed by atoms with E-state index in [1.54, 1.807) is 14.0 Å². The van der Waals surface area contributed by atoms with Crippen LogP contribution in [0.25, 0.3) is 0 Å². The van der Waals surface area contributed by atoms with Crippen molar-refractivity contribution in [3.8, 4) is 5.75 Å². The number of aliphatic hydroxyl groups excluding tert-OH is 1. The van der Waals surface area contributed by atoms with Gasteiger partial charge in [0.25, 0.3) is 15.9 Å². The van der Waals surface area contributed by atoms with E-state index in [1.165, 1.54) is 59.4 Å². The third-order valence-electron chi connectivity index (χ3n) is 8.22. The third kappa shape index (κ3) is 9.11. The predicted molar refractivity (Wildman–Crippen MR) is 177 cm³/mol. The molecule has 264 valence electrons. The molecule has 3 aromatic rings. The minimum atomic E-state index is -4.07. The van der Waals surface area contributed by atoms with Crippen LogP contribution in [0.3, 0.4) is 0 Å². The number of aryl methyl sites for hydroxylation is 1. The van der Waals surface area contributed by atoms with E-state index in [0.29, 0.717) is 19.4 Å². The molecule has 0 saturated carbocycles. The van der Waals surface area contributed by atoms with E-state index in [4.69, 9.17) is 9.47 Å². The Balaban J connectivity index is 1.67. The maximum Gasteiger partial charge on any atom is 0.280 e. The first-order valence-electron chi connectivity index (χ1n) is 15.7. The Hall–Kier alpha value is -3.57. The average molecular weight is 710 g/mol. The number of aliphatic hydroxyl groups is 1. The summed E-state index contributed by atoms with van der Waals surface area (Å²) in [5.74, 6) is -1.24. The average Bonchev–Trinajstić information content (AvgIpc) is 3.49. The summed E-state index contributed by atoms with van der Waals surface area (Å²) in [6.45, 7) is 5.35. The number of nitrogens with zero attached hydrogens (tertiary/aromatic N) is 4. The Bertz CT molecular complexity index is 1770. The lowest BCUT2D eigenvalue weighted by Gasteiger charge is -2.35. The monoisotopic (exact) mass is 709 g/mol. The van der Waals surface area contributed by atoms with Gasteiger partial charge in [-0.2, -0.15) is 12.7 Å². The van der Waals surface area contributed by atoms with Crippen LogP contribution in [0, 0.1) is 11.7 Å². The number of likely N-dealkylation sites (N-methyl/N-ethyl adjacent to an activating group) is 1. The summed E-state index contributed by atoms with van der Waals surface area (Å²) in [7, 11) is -4.99. The number of amides is 1. The molecule has 4 atom stereocenters. The van der Waals surface area contributed by atoms with Crippen molar-refractivity contribution in [2.24, 2.45) is 13.0 Å². The molecule has 2 heterocycles. The van der Waals surface area contributed by atoms with Crippen LogP contribution >= 0.6 is 0 Å². The zero-order valence-electron chi connectivity index (χ0n) is 27.7. The van der Waals surface area contributed by atoms with Crippen LogP contribution in [0.1, 0.15) is 50.4 Å². The lowest BCUT2D eigenvalue weighted by atomic mass is 10.0. The molecule has 0 bridgehead atoms. The second kappa shape index (κ2) is 15.8. The normalized spacial score (nSPS) is 20.9. The Labute approximate surface area is 281 Å². The van der Waals surface area contributed by atoms with Crippen molar-refractivity contribution in [1.29, 1.82) is 0 Å². The number of imidazole rings is 1. The van der Waals surface area contributed by atoms with Gasteiger partial charge in [0.1, 0.15) is 11.6 Å². The molecule has 0 fully saturated rings. The van der Waals surface area contributed by atoms with Crippen molar-refractivity contribution < 1.29 is 40.6 Å². The Morgan fingerprint density at radius 2 is 1.83 bits per heavy atom. The number of carbonyl (C=O) groups excluding carboxylic acids is 1. The fourth-order valence-electron chi connectivity index (χ4n) is 5.32. The first kappa shape index (κ1) is 37.3. The van der Waals surface area contributed by atoms with Gasteiger partial charge in [-0.25, -0.2) is 17.8 Å². The Kier molecular flexibility index (Phi) is 12.2. The number of ether oxygens (including phenoxy) is 2. The molecule has 1 aliphatic heterocycles. The highest BCUT2D eigenvalue weighted by atomic mass is 32.2. The van der Waals surface area contributed by atoms with E-state index in [1.807, 2.05) is 13.8 Å². The molecule has 2 N–H and O–H groups in total. The van der Waals surface area contributed by atoms with Crippen molar-refractivity contribution in [3.05, 3.63) is 66.4 Å². The minimum absolute atomic E-state index is 0.0496. The van der Waals surface area contributed by atoms with Crippen LogP contribution in [-0.4, -0.2) is 98.2 Å². The van der Waals surface area contributed by atoms with Crippen LogP contribution in [-0.2, 0) is 31.8 Å². The van der Waals surface area contributed by atoms with Crippen LogP contribution in [0.5, 0.6) is 5.75 Å². The van der Waals surface area contributed by atoms with Crippen molar-refractivity contribution in [1.82, 2.24) is 18.8 Å². The molecule has 0 aliphatic carbocycles. The van der Waals surface area contributed by atoms with Gasteiger partial charge in [-0.15, -0.1) is 0 Å². The van der Waals surface area contributed by atoms with Gasteiger partial charge in [-0.1, -0.05) is 6.92 Å². The summed E-state index contributed by atoms with van der Waals surface area (Å²) >= 11 is 0. The highest BCUT2D eigenvalue weighted by Gasteiger charge is 2.33. The number of rotatable bonds is 9. The summed E-state index contributed by atoms with van der Waals surface area (Å²) in [4.78, 5) is 19.6. The third-order valence-corrected chi connectivity index (χ3v) is 11.3. The molecule has 13 nitrogen and oxygen atoms in total. The number of nitrogens with one attached hydrogen (secondary N) is 1. The number of carbonyl (C=O) groups is 1. The summed E-state index contributed by atoms with van der Waals surface area (Å²) in [6.07, 6.45) is 3.78. The van der Waals surface area contributed by atoms with Gasteiger partial charge in [0, 0.05) is 51.6 Å². The molecule has 0 spiro atoms. The topological polar surface area (TPSA) is 160 Å². The zero-order valence-corrected chi connectivity index (χ0v) is 29.4. The molecular weight excluding hydrogens is 666 g/mol. The molecule has 48 heavy (non-hydrogen) atoms. The number of benzene rings is 2. The van der Waals surface area contributed by atoms with Gasteiger partial charge in [0.05, 0.1) is 41.6 Å². The van der Waals surface area contributed by atoms with Crippen molar-refractivity contribution in [2.45, 2.75) is 68.2 Å². The molecule has 1 aliphatic rings. The zero-order chi connectivity index (χ0) is 35.2.